The van der Waals surface area contributed by atoms with E-state index in [1.165, 1.54) is 18.1 Å². The highest BCUT2D eigenvalue weighted by molar-refractivity contribution is 5.66. The van der Waals surface area contributed by atoms with E-state index >= 15 is 0 Å². The molecule has 0 spiro atoms. The maximum absolute atomic E-state index is 11.1. The van der Waals surface area contributed by atoms with Crippen LogP contribution in [0, 0.1) is 0 Å². The average Bonchev–Trinajstić information content (AvgIpc) is 2.28. The van der Waals surface area contributed by atoms with E-state index in [9.17, 15) is 4.79 Å². The molecule has 0 heterocycles. The fourth-order valence-corrected chi connectivity index (χ4v) is 2.66. The van der Waals surface area contributed by atoms with Gasteiger partial charge in [0.1, 0.15) is 6.10 Å². The third-order valence-electron chi connectivity index (χ3n) is 3.36. The van der Waals surface area contributed by atoms with E-state index < -0.39 is 0 Å². The molecule has 2 heteroatoms. The van der Waals surface area contributed by atoms with Gasteiger partial charge in [0.2, 0.25) is 0 Å². The second-order valence-electron chi connectivity index (χ2n) is 4.40. The van der Waals surface area contributed by atoms with Gasteiger partial charge in [0, 0.05) is 12.8 Å². The van der Waals surface area contributed by atoms with Crippen molar-refractivity contribution in [3.63, 3.8) is 0 Å². The van der Waals surface area contributed by atoms with Gasteiger partial charge in [0.25, 0.3) is 0 Å². The smallest absolute Gasteiger partial charge is 0.302 e. The van der Waals surface area contributed by atoms with Gasteiger partial charge in [-0.05, 0) is 30.4 Å². The highest BCUT2D eigenvalue weighted by Gasteiger charge is 2.29. The van der Waals surface area contributed by atoms with Gasteiger partial charge in [0.15, 0.2) is 0 Å². The van der Waals surface area contributed by atoms with Crippen molar-refractivity contribution in [2.75, 3.05) is 0 Å². The maximum Gasteiger partial charge on any atom is 0.302 e. The zero-order valence-electron chi connectivity index (χ0n) is 9.90. The summed E-state index contributed by atoms with van der Waals surface area (Å²) in [5.74, 6) is 0.205. The van der Waals surface area contributed by atoms with E-state index in [4.69, 9.17) is 4.74 Å². The minimum atomic E-state index is -0.164. The van der Waals surface area contributed by atoms with Gasteiger partial charge in [-0.2, -0.15) is 0 Å². The lowest BCUT2D eigenvalue weighted by atomic mass is 9.79. The van der Waals surface area contributed by atoms with Crippen LogP contribution in [0.2, 0.25) is 0 Å². The van der Waals surface area contributed by atoms with Crippen molar-refractivity contribution in [1.82, 2.24) is 0 Å². The Balaban J connectivity index is 2.26. The molecule has 2 nitrogen and oxygen atoms in total. The molecule has 0 saturated heterocycles. The third-order valence-corrected chi connectivity index (χ3v) is 3.36. The minimum absolute atomic E-state index is 0.0670. The molecule has 0 radical (unpaired) electrons. The highest BCUT2D eigenvalue weighted by atomic mass is 16.5. The Morgan fingerprint density at radius 3 is 2.88 bits per heavy atom. The first-order valence-corrected chi connectivity index (χ1v) is 5.97. The van der Waals surface area contributed by atoms with Crippen molar-refractivity contribution >= 4 is 5.97 Å². The van der Waals surface area contributed by atoms with E-state index in [0.29, 0.717) is 5.92 Å². The Kier molecular flexibility index (Phi) is 3.28. The van der Waals surface area contributed by atoms with E-state index in [0.717, 1.165) is 19.3 Å². The first-order valence-electron chi connectivity index (χ1n) is 5.97. The van der Waals surface area contributed by atoms with Crippen molar-refractivity contribution < 1.29 is 9.53 Å². The van der Waals surface area contributed by atoms with Crippen LogP contribution in [0.4, 0.5) is 0 Å². The number of aryl methyl sites for hydroxylation is 1. The SMILES string of the molecule is CCC1c2ccccc2CCC1OC(C)=O. The summed E-state index contributed by atoms with van der Waals surface area (Å²) in [7, 11) is 0. The van der Waals surface area contributed by atoms with Crippen molar-refractivity contribution in [2.45, 2.75) is 45.1 Å². The number of ether oxygens (including phenoxy) is 1. The van der Waals surface area contributed by atoms with Gasteiger partial charge in [-0.1, -0.05) is 31.2 Å². The molecule has 0 bridgehead atoms. The van der Waals surface area contributed by atoms with Gasteiger partial charge in [-0.3, -0.25) is 4.79 Å². The average molecular weight is 218 g/mol. The van der Waals surface area contributed by atoms with Crippen LogP contribution in [0.25, 0.3) is 0 Å². The number of esters is 1. The predicted octanol–water partition coefficient (Wildman–Crippen LogP) is 3.06. The lowest BCUT2D eigenvalue weighted by Gasteiger charge is -2.32. The summed E-state index contributed by atoms with van der Waals surface area (Å²) in [5, 5.41) is 0. The van der Waals surface area contributed by atoms with E-state index in [-0.39, 0.29) is 12.1 Å². The first kappa shape index (κ1) is 11.2. The summed E-state index contributed by atoms with van der Waals surface area (Å²) >= 11 is 0. The number of rotatable bonds is 2. The lowest BCUT2D eigenvalue weighted by molar-refractivity contribution is -0.148. The summed E-state index contributed by atoms with van der Waals surface area (Å²) in [6, 6.07) is 8.50. The van der Waals surface area contributed by atoms with E-state index in [2.05, 4.69) is 31.2 Å². The maximum atomic E-state index is 11.1. The molecule has 0 fully saturated rings. The standard InChI is InChI=1S/C14H18O2/c1-3-12-13-7-5-4-6-11(13)8-9-14(12)16-10(2)15/h4-7,12,14H,3,8-9H2,1-2H3. The summed E-state index contributed by atoms with van der Waals surface area (Å²) in [6.45, 7) is 3.65. The molecule has 2 atom stereocenters. The van der Waals surface area contributed by atoms with Crippen molar-refractivity contribution in [3.05, 3.63) is 35.4 Å². The second kappa shape index (κ2) is 4.69. The van der Waals surface area contributed by atoms with Gasteiger partial charge < -0.3 is 4.74 Å². The molecule has 1 aliphatic carbocycles. The van der Waals surface area contributed by atoms with Crippen molar-refractivity contribution in [1.29, 1.82) is 0 Å². The summed E-state index contributed by atoms with van der Waals surface area (Å²) in [4.78, 5) is 11.1. The Morgan fingerprint density at radius 2 is 2.19 bits per heavy atom. The lowest BCUT2D eigenvalue weighted by Crippen LogP contribution is -2.29. The number of carbonyl (C=O) groups excluding carboxylic acids is 1. The third kappa shape index (κ3) is 2.11. The van der Waals surface area contributed by atoms with Gasteiger partial charge in [0.05, 0.1) is 0 Å². The van der Waals surface area contributed by atoms with Gasteiger partial charge in [-0.15, -0.1) is 0 Å². The number of hydrogen-bond acceptors (Lipinski definition) is 2. The molecule has 0 saturated carbocycles. The Hall–Kier alpha value is -1.31. The summed E-state index contributed by atoms with van der Waals surface area (Å²) in [5.41, 5.74) is 2.78. The van der Waals surface area contributed by atoms with Gasteiger partial charge >= 0.3 is 5.97 Å². The number of carbonyl (C=O) groups is 1. The Morgan fingerprint density at radius 1 is 1.44 bits per heavy atom. The molecule has 0 aromatic heterocycles. The molecular formula is C14H18O2. The number of fused-ring (bicyclic) bond motifs is 1. The van der Waals surface area contributed by atoms with Crippen LogP contribution in [-0.4, -0.2) is 12.1 Å². The predicted molar refractivity (Wildman–Crippen MR) is 63.3 cm³/mol. The largest absolute Gasteiger partial charge is 0.462 e. The van der Waals surface area contributed by atoms with Crippen molar-refractivity contribution in [2.24, 2.45) is 0 Å². The second-order valence-corrected chi connectivity index (χ2v) is 4.40. The zero-order chi connectivity index (χ0) is 11.5. The van der Waals surface area contributed by atoms with E-state index in [1.807, 2.05) is 0 Å². The monoisotopic (exact) mass is 218 g/mol. The molecule has 2 rings (SSSR count). The van der Waals surface area contributed by atoms with Crippen molar-refractivity contribution in [3.8, 4) is 0 Å². The molecule has 0 N–H and O–H groups in total. The molecule has 0 aliphatic heterocycles. The minimum Gasteiger partial charge on any atom is -0.462 e. The van der Waals surface area contributed by atoms with Crippen LogP contribution in [0.1, 0.15) is 43.7 Å². The van der Waals surface area contributed by atoms with Crippen LogP contribution in [0.3, 0.4) is 0 Å². The number of hydrogen-bond donors (Lipinski definition) is 0. The normalized spacial score (nSPS) is 23.6. The molecule has 0 amide bonds. The molecule has 1 aliphatic rings. The summed E-state index contributed by atoms with van der Waals surface area (Å²) < 4.78 is 5.41. The quantitative estimate of drug-likeness (QED) is 0.713. The van der Waals surface area contributed by atoms with Crippen LogP contribution in [-0.2, 0) is 16.0 Å². The summed E-state index contributed by atoms with van der Waals surface area (Å²) in [6.07, 6.45) is 3.06. The van der Waals surface area contributed by atoms with E-state index in [1.54, 1.807) is 0 Å². The highest BCUT2D eigenvalue weighted by Crippen LogP contribution is 2.35. The molecule has 16 heavy (non-hydrogen) atoms. The molecular weight excluding hydrogens is 200 g/mol. The zero-order valence-corrected chi connectivity index (χ0v) is 9.90. The fourth-order valence-electron chi connectivity index (χ4n) is 2.66. The van der Waals surface area contributed by atoms with Crippen LogP contribution in [0.15, 0.2) is 24.3 Å². The Bertz CT molecular complexity index is 384. The molecule has 86 valence electrons. The molecule has 2 unspecified atom stereocenters. The molecule has 1 aromatic carbocycles. The van der Waals surface area contributed by atoms with Gasteiger partial charge in [-0.25, -0.2) is 0 Å². The fraction of sp³-hybridized carbons (Fsp3) is 0.500. The van der Waals surface area contributed by atoms with Crippen LogP contribution < -0.4 is 0 Å². The van der Waals surface area contributed by atoms with Crippen LogP contribution >= 0.6 is 0 Å². The number of benzene rings is 1. The van der Waals surface area contributed by atoms with Crippen LogP contribution in [0.5, 0.6) is 0 Å². The molecule has 1 aromatic rings. The topological polar surface area (TPSA) is 26.3 Å². The Labute approximate surface area is 96.6 Å². The first-order chi connectivity index (χ1) is 7.72.